The van der Waals surface area contributed by atoms with E-state index in [1.807, 2.05) is 27.7 Å². The summed E-state index contributed by atoms with van der Waals surface area (Å²) >= 11 is 0. The van der Waals surface area contributed by atoms with Crippen molar-refractivity contribution in [3.63, 3.8) is 0 Å². The summed E-state index contributed by atoms with van der Waals surface area (Å²) in [5.41, 5.74) is 0.546. The van der Waals surface area contributed by atoms with E-state index in [0.717, 1.165) is 5.57 Å². The molecule has 114 valence electrons. The number of likely N-dealkylation sites (tertiary alicyclic amines) is 1. The van der Waals surface area contributed by atoms with Gasteiger partial charge in [0.05, 0.1) is 6.61 Å². The lowest BCUT2D eigenvalue weighted by Gasteiger charge is -2.34. The average Bonchev–Trinajstić information content (AvgIpc) is 2.29. The fraction of sp³-hybridized carbons (Fsp3) is 0.733. The molecule has 1 aliphatic heterocycles. The van der Waals surface area contributed by atoms with Crippen molar-refractivity contribution in [2.24, 2.45) is 5.92 Å². The summed E-state index contributed by atoms with van der Waals surface area (Å²) in [5, 5.41) is 0. The lowest BCUT2D eigenvalue weighted by Crippen LogP contribution is -2.43. The zero-order chi connectivity index (χ0) is 15.3. The predicted octanol–water partition coefficient (Wildman–Crippen LogP) is 2.75. The topological polar surface area (TPSA) is 55.8 Å². The summed E-state index contributed by atoms with van der Waals surface area (Å²) in [6.45, 7) is 10.9. The Balaban J connectivity index is 2.59. The summed E-state index contributed by atoms with van der Waals surface area (Å²) in [4.78, 5) is 25.1. The summed E-state index contributed by atoms with van der Waals surface area (Å²) in [5.74, 6) is -0.166. The minimum atomic E-state index is -0.485. The maximum atomic E-state index is 12.0. The van der Waals surface area contributed by atoms with E-state index in [2.05, 4.69) is 0 Å². The molecule has 1 atom stereocenters. The van der Waals surface area contributed by atoms with Gasteiger partial charge in [-0.25, -0.2) is 9.59 Å². The van der Waals surface area contributed by atoms with Crippen molar-refractivity contribution in [1.29, 1.82) is 0 Å². The number of ether oxygens (including phenoxy) is 2. The van der Waals surface area contributed by atoms with Gasteiger partial charge in [-0.05, 0) is 40.0 Å². The molecule has 0 aromatic heterocycles. The Morgan fingerprint density at radius 2 is 2.05 bits per heavy atom. The molecular formula is C15H25NO4. The number of carbonyl (C=O) groups excluding carboxylic acids is 2. The van der Waals surface area contributed by atoms with Gasteiger partial charge in [0.25, 0.3) is 0 Å². The number of rotatable bonds is 2. The maximum Gasteiger partial charge on any atom is 0.410 e. The van der Waals surface area contributed by atoms with Crippen molar-refractivity contribution in [2.45, 2.75) is 46.6 Å². The van der Waals surface area contributed by atoms with Gasteiger partial charge in [0.15, 0.2) is 0 Å². The van der Waals surface area contributed by atoms with Crippen LogP contribution in [0.3, 0.4) is 0 Å². The quantitative estimate of drug-likeness (QED) is 0.577. The van der Waals surface area contributed by atoms with E-state index in [9.17, 15) is 9.59 Å². The fourth-order valence-electron chi connectivity index (χ4n) is 2.09. The van der Waals surface area contributed by atoms with Gasteiger partial charge >= 0.3 is 12.1 Å². The molecule has 0 aromatic carbocycles. The molecule has 20 heavy (non-hydrogen) atoms. The van der Waals surface area contributed by atoms with Crippen LogP contribution in [0.25, 0.3) is 0 Å². The first-order valence-electron chi connectivity index (χ1n) is 7.08. The smallest absolute Gasteiger partial charge is 0.410 e. The van der Waals surface area contributed by atoms with E-state index in [-0.39, 0.29) is 18.0 Å². The third-order valence-corrected chi connectivity index (χ3v) is 3.04. The van der Waals surface area contributed by atoms with E-state index >= 15 is 0 Å². The van der Waals surface area contributed by atoms with Crippen LogP contribution in [0.5, 0.6) is 0 Å². The zero-order valence-corrected chi connectivity index (χ0v) is 13.1. The van der Waals surface area contributed by atoms with Crippen LogP contribution in [-0.4, -0.2) is 42.3 Å². The van der Waals surface area contributed by atoms with E-state index in [0.29, 0.717) is 26.1 Å². The van der Waals surface area contributed by atoms with E-state index in [1.54, 1.807) is 17.9 Å². The molecule has 1 saturated heterocycles. The maximum absolute atomic E-state index is 12.0. The fourth-order valence-corrected chi connectivity index (χ4v) is 2.09. The number of esters is 1. The van der Waals surface area contributed by atoms with Crippen LogP contribution in [0.1, 0.15) is 41.0 Å². The lowest BCUT2D eigenvalue weighted by molar-refractivity contribution is -0.137. The van der Waals surface area contributed by atoms with Crippen molar-refractivity contribution < 1.29 is 19.1 Å². The highest BCUT2D eigenvalue weighted by atomic mass is 16.6. The summed E-state index contributed by atoms with van der Waals surface area (Å²) < 4.78 is 10.3. The molecule has 0 aliphatic carbocycles. The molecule has 1 aliphatic rings. The Morgan fingerprint density at radius 1 is 1.40 bits per heavy atom. The minimum absolute atomic E-state index is 0.140. The Labute approximate surface area is 120 Å². The minimum Gasteiger partial charge on any atom is -0.463 e. The second kappa shape index (κ2) is 6.77. The highest BCUT2D eigenvalue weighted by Crippen LogP contribution is 2.24. The first-order chi connectivity index (χ1) is 9.23. The molecule has 0 aromatic rings. The standard InChI is InChI=1S/C15H25NO4/c1-6-19-13(17)9-12-7-8-16(10-11(12)2)14(18)20-15(3,4)5/h9,11H,6-8,10H2,1-5H3. The second-order valence-corrected chi connectivity index (χ2v) is 6.05. The molecule has 5 nitrogen and oxygen atoms in total. The third-order valence-electron chi connectivity index (χ3n) is 3.04. The normalized spacial score (nSPS) is 21.8. The van der Waals surface area contributed by atoms with Crippen molar-refractivity contribution in [3.8, 4) is 0 Å². The predicted molar refractivity (Wildman–Crippen MR) is 76.3 cm³/mol. The molecule has 1 amide bonds. The summed E-state index contributed by atoms with van der Waals surface area (Å²) in [6.07, 6.45) is 1.94. The van der Waals surface area contributed by atoms with Gasteiger partial charge in [-0.1, -0.05) is 12.5 Å². The molecule has 0 bridgehead atoms. The third kappa shape index (κ3) is 5.23. The monoisotopic (exact) mass is 283 g/mol. The first-order valence-corrected chi connectivity index (χ1v) is 7.08. The van der Waals surface area contributed by atoms with Gasteiger partial charge < -0.3 is 14.4 Å². The van der Waals surface area contributed by atoms with E-state index in [4.69, 9.17) is 9.47 Å². The van der Waals surface area contributed by atoms with Crippen LogP contribution >= 0.6 is 0 Å². The largest absolute Gasteiger partial charge is 0.463 e. The summed E-state index contributed by atoms with van der Waals surface area (Å²) in [6, 6.07) is 0. The van der Waals surface area contributed by atoms with E-state index in [1.165, 1.54) is 0 Å². The molecule has 0 radical (unpaired) electrons. The molecule has 0 spiro atoms. The van der Waals surface area contributed by atoms with Gasteiger partial charge in [0, 0.05) is 19.2 Å². The number of carbonyl (C=O) groups is 2. The van der Waals surface area contributed by atoms with Crippen molar-refractivity contribution in [3.05, 3.63) is 11.6 Å². The van der Waals surface area contributed by atoms with Gasteiger partial charge in [-0.15, -0.1) is 0 Å². The molecular weight excluding hydrogens is 258 g/mol. The molecule has 0 N–H and O–H groups in total. The van der Waals surface area contributed by atoms with Crippen molar-refractivity contribution in [1.82, 2.24) is 4.90 Å². The van der Waals surface area contributed by atoms with Gasteiger partial charge in [-0.2, -0.15) is 0 Å². The Kier molecular flexibility index (Phi) is 5.60. The van der Waals surface area contributed by atoms with Gasteiger partial charge in [0.1, 0.15) is 5.60 Å². The van der Waals surface area contributed by atoms with Crippen LogP contribution in [0.15, 0.2) is 11.6 Å². The van der Waals surface area contributed by atoms with Crippen LogP contribution in [0.4, 0.5) is 4.79 Å². The SMILES string of the molecule is CCOC(=O)C=C1CCN(C(=O)OC(C)(C)C)CC1C. The van der Waals surface area contributed by atoms with Gasteiger partial charge in [0.2, 0.25) is 0 Å². The summed E-state index contributed by atoms with van der Waals surface area (Å²) in [7, 11) is 0. The molecule has 1 fully saturated rings. The lowest BCUT2D eigenvalue weighted by atomic mass is 9.93. The Hall–Kier alpha value is -1.52. The molecule has 1 unspecified atom stereocenters. The van der Waals surface area contributed by atoms with E-state index < -0.39 is 5.60 Å². The number of amides is 1. The Morgan fingerprint density at radius 3 is 2.55 bits per heavy atom. The average molecular weight is 283 g/mol. The first kappa shape index (κ1) is 16.5. The number of nitrogens with zero attached hydrogens (tertiary/aromatic N) is 1. The number of piperidine rings is 1. The molecule has 1 heterocycles. The van der Waals surface area contributed by atoms with Crippen molar-refractivity contribution >= 4 is 12.1 Å². The van der Waals surface area contributed by atoms with Gasteiger partial charge in [-0.3, -0.25) is 0 Å². The van der Waals surface area contributed by atoms with Crippen LogP contribution in [-0.2, 0) is 14.3 Å². The highest BCUT2D eigenvalue weighted by molar-refractivity contribution is 5.83. The number of hydrogen-bond acceptors (Lipinski definition) is 4. The molecule has 1 rings (SSSR count). The van der Waals surface area contributed by atoms with Crippen LogP contribution in [0.2, 0.25) is 0 Å². The van der Waals surface area contributed by atoms with Crippen molar-refractivity contribution in [2.75, 3.05) is 19.7 Å². The highest BCUT2D eigenvalue weighted by Gasteiger charge is 2.28. The second-order valence-electron chi connectivity index (χ2n) is 6.05. The molecule has 5 heteroatoms. The zero-order valence-electron chi connectivity index (χ0n) is 13.1. The molecule has 0 saturated carbocycles. The van der Waals surface area contributed by atoms with Crippen LogP contribution in [0, 0.1) is 5.92 Å². The number of hydrogen-bond donors (Lipinski definition) is 0. The Bertz CT molecular complexity index is 395. The van der Waals surface area contributed by atoms with Crippen LogP contribution < -0.4 is 0 Å².